The van der Waals surface area contributed by atoms with Crippen molar-refractivity contribution in [1.82, 2.24) is 10.3 Å². The number of nitrogens with two attached hydrogens (primary N) is 1. The van der Waals surface area contributed by atoms with Gasteiger partial charge in [0.25, 0.3) is 5.91 Å². The fourth-order valence-corrected chi connectivity index (χ4v) is 1.94. The minimum absolute atomic E-state index is 0.132. The van der Waals surface area contributed by atoms with Crippen molar-refractivity contribution in [2.24, 2.45) is 5.84 Å². The quantitative estimate of drug-likeness (QED) is 0.570. The van der Waals surface area contributed by atoms with Crippen LogP contribution in [-0.4, -0.2) is 17.4 Å². The summed E-state index contributed by atoms with van der Waals surface area (Å²) in [5, 5.41) is 2.89. The molecule has 20 heavy (non-hydrogen) atoms. The first kappa shape index (κ1) is 14.0. The van der Waals surface area contributed by atoms with Gasteiger partial charge in [0.05, 0.1) is 11.3 Å². The molecule has 2 rings (SSSR count). The molecule has 4 N–H and O–H groups in total. The van der Waals surface area contributed by atoms with Gasteiger partial charge in [0.2, 0.25) is 0 Å². The van der Waals surface area contributed by atoms with Crippen LogP contribution in [0.15, 0.2) is 42.7 Å². The summed E-state index contributed by atoms with van der Waals surface area (Å²) in [6.45, 7) is 2.52. The van der Waals surface area contributed by atoms with E-state index in [1.807, 2.05) is 31.2 Å². The van der Waals surface area contributed by atoms with E-state index in [2.05, 4.69) is 15.7 Å². The second kappa shape index (κ2) is 6.68. The molecule has 0 spiro atoms. The maximum atomic E-state index is 12.1. The molecule has 0 atom stereocenters. The Kier molecular flexibility index (Phi) is 4.68. The number of aromatic nitrogens is 1. The Labute approximate surface area is 118 Å². The first-order valence-electron chi connectivity index (χ1n) is 6.45. The van der Waals surface area contributed by atoms with E-state index < -0.39 is 0 Å². The molecule has 0 aliphatic heterocycles. The Hall–Kier alpha value is -2.40. The summed E-state index contributed by atoms with van der Waals surface area (Å²) in [7, 11) is 0. The van der Waals surface area contributed by atoms with Gasteiger partial charge in [-0.05, 0) is 48.7 Å². The zero-order valence-corrected chi connectivity index (χ0v) is 11.4. The number of hydrazine groups is 1. The molecule has 0 aliphatic rings. The van der Waals surface area contributed by atoms with Crippen LogP contribution >= 0.6 is 0 Å². The van der Waals surface area contributed by atoms with E-state index in [1.165, 1.54) is 0 Å². The van der Waals surface area contributed by atoms with Crippen LogP contribution in [0.25, 0.3) is 0 Å². The van der Waals surface area contributed by atoms with Crippen molar-refractivity contribution in [1.29, 1.82) is 0 Å². The van der Waals surface area contributed by atoms with E-state index in [0.29, 0.717) is 17.8 Å². The molecule has 5 heteroatoms. The lowest BCUT2D eigenvalue weighted by molar-refractivity contribution is 0.0955. The maximum Gasteiger partial charge on any atom is 0.253 e. The van der Waals surface area contributed by atoms with Gasteiger partial charge in [-0.3, -0.25) is 15.6 Å². The number of nitrogens with zero attached hydrogens (tertiary/aromatic N) is 1. The van der Waals surface area contributed by atoms with E-state index in [1.54, 1.807) is 18.5 Å². The van der Waals surface area contributed by atoms with Gasteiger partial charge in [0.1, 0.15) is 0 Å². The van der Waals surface area contributed by atoms with E-state index >= 15 is 0 Å². The third kappa shape index (κ3) is 3.55. The average molecular weight is 270 g/mol. The van der Waals surface area contributed by atoms with Crippen LogP contribution < -0.4 is 16.6 Å². The number of pyridine rings is 1. The molecule has 0 bridgehead atoms. The molecule has 1 aromatic carbocycles. The molecule has 0 saturated carbocycles. The fraction of sp³-hybridized carbons (Fsp3) is 0.200. The lowest BCUT2D eigenvalue weighted by Gasteiger charge is -2.10. The van der Waals surface area contributed by atoms with E-state index in [9.17, 15) is 4.79 Å². The molecule has 1 amide bonds. The number of rotatable bonds is 5. The number of carbonyl (C=O) groups excluding carboxylic acids is 1. The van der Waals surface area contributed by atoms with Crippen LogP contribution in [0.1, 0.15) is 21.5 Å². The third-order valence-electron chi connectivity index (χ3n) is 3.02. The van der Waals surface area contributed by atoms with Crippen molar-refractivity contribution in [3.8, 4) is 0 Å². The Bertz CT molecular complexity index is 584. The Morgan fingerprint density at radius 3 is 2.70 bits per heavy atom. The van der Waals surface area contributed by atoms with Crippen molar-refractivity contribution < 1.29 is 4.79 Å². The Balaban J connectivity index is 1.95. The average Bonchev–Trinajstić information content (AvgIpc) is 2.48. The second-order valence-electron chi connectivity index (χ2n) is 4.55. The second-order valence-corrected chi connectivity index (χ2v) is 4.55. The van der Waals surface area contributed by atoms with Gasteiger partial charge in [0.15, 0.2) is 0 Å². The highest BCUT2D eigenvalue weighted by Gasteiger charge is 2.10. The number of nitrogen functional groups attached to an aromatic ring is 1. The summed E-state index contributed by atoms with van der Waals surface area (Å²) in [5.41, 5.74) is 5.92. The van der Waals surface area contributed by atoms with E-state index in [0.717, 1.165) is 17.5 Å². The van der Waals surface area contributed by atoms with Crippen LogP contribution in [0.4, 0.5) is 5.69 Å². The molecule has 104 valence electrons. The highest BCUT2D eigenvalue weighted by Crippen LogP contribution is 2.16. The highest BCUT2D eigenvalue weighted by molar-refractivity contribution is 5.99. The number of anilines is 1. The zero-order chi connectivity index (χ0) is 14.4. The summed E-state index contributed by atoms with van der Waals surface area (Å²) in [4.78, 5) is 16.1. The van der Waals surface area contributed by atoms with Gasteiger partial charge in [-0.15, -0.1) is 0 Å². The minimum Gasteiger partial charge on any atom is -0.352 e. The van der Waals surface area contributed by atoms with Gasteiger partial charge >= 0.3 is 0 Å². The van der Waals surface area contributed by atoms with Crippen LogP contribution in [-0.2, 0) is 6.42 Å². The molecule has 1 heterocycles. The van der Waals surface area contributed by atoms with Crippen LogP contribution in [0.5, 0.6) is 0 Å². The van der Waals surface area contributed by atoms with Crippen LogP contribution in [0.3, 0.4) is 0 Å². The SMILES string of the molecule is Cc1ccc(C(=O)NCCc2ccncc2)c(NN)c1. The number of carbonyl (C=O) groups is 1. The van der Waals surface area contributed by atoms with Crippen molar-refractivity contribution in [3.63, 3.8) is 0 Å². The summed E-state index contributed by atoms with van der Waals surface area (Å²) < 4.78 is 0. The minimum atomic E-state index is -0.132. The Morgan fingerprint density at radius 1 is 1.25 bits per heavy atom. The smallest absolute Gasteiger partial charge is 0.253 e. The van der Waals surface area contributed by atoms with E-state index in [-0.39, 0.29) is 5.91 Å². The molecular weight excluding hydrogens is 252 g/mol. The molecule has 0 saturated heterocycles. The predicted octanol–water partition coefficient (Wildman–Crippen LogP) is 1.65. The number of aryl methyl sites for hydroxylation is 1. The van der Waals surface area contributed by atoms with Crippen molar-refractivity contribution in [3.05, 3.63) is 59.4 Å². The number of amides is 1. The number of benzene rings is 1. The van der Waals surface area contributed by atoms with Crippen molar-refractivity contribution >= 4 is 11.6 Å². The molecule has 1 aromatic heterocycles. The first-order valence-corrected chi connectivity index (χ1v) is 6.45. The zero-order valence-electron chi connectivity index (χ0n) is 11.4. The van der Waals surface area contributed by atoms with Crippen LogP contribution in [0.2, 0.25) is 0 Å². The van der Waals surface area contributed by atoms with Crippen molar-refractivity contribution in [2.45, 2.75) is 13.3 Å². The summed E-state index contributed by atoms with van der Waals surface area (Å²) >= 11 is 0. The lowest BCUT2D eigenvalue weighted by atomic mass is 10.1. The standard InChI is InChI=1S/C15H18N4O/c1-11-2-3-13(14(10-11)19-16)15(20)18-9-6-12-4-7-17-8-5-12/h2-5,7-8,10,19H,6,9,16H2,1H3,(H,18,20). The molecule has 5 nitrogen and oxygen atoms in total. The van der Waals surface area contributed by atoms with Gasteiger partial charge in [0, 0.05) is 18.9 Å². The van der Waals surface area contributed by atoms with Gasteiger partial charge in [-0.2, -0.15) is 0 Å². The van der Waals surface area contributed by atoms with Gasteiger partial charge in [-0.25, -0.2) is 0 Å². The van der Waals surface area contributed by atoms with Crippen LogP contribution in [0, 0.1) is 6.92 Å². The fourth-order valence-electron chi connectivity index (χ4n) is 1.94. The molecule has 0 radical (unpaired) electrons. The summed E-state index contributed by atoms with van der Waals surface area (Å²) in [6, 6.07) is 9.37. The molecular formula is C15H18N4O. The molecule has 0 fully saturated rings. The number of hydrogen-bond acceptors (Lipinski definition) is 4. The maximum absolute atomic E-state index is 12.1. The molecule has 0 aliphatic carbocycles. The molecule has 2 aromatic rings. The summed E-state index contributed by atoms with van der Waals surface area (Å²) in [5.74, 6) is 5.31. The Morgan fingerprint density at radius 2 is 2.00 bits per heavy atom. The normalized spacial score (nSPS) is 10.1. The monoisotopic (exact) mass is 270 g/mol. The number of nitrogens with one attached hydrogen (secondary N) is 2. The van der Waals surface area contributed by atoms with E-state index in [4.69, 9.17) is 5.84 Å². The lowest BCUT2D eigenvalue weighted by Crippen LogP contribution is -2.27. The number of hydrogen-bond donors (Lipinski definition) is 3. The largest absolute Gasteiger partial charge is 0.352 e. The summed E-state index contributed by atoms with van der Waals surface area (Å²) in [6.07, 6.45) is 4.26. The topological polar surface area (TPSA) is 80.0 Å². The third-order valence-corrected chi connectivity index (χ3v) is 3.02. The van der Waals surface area contributed by atoms with Gasteiger partial charge < -0.3 is 10.7 Å². The van der Waals surface area contributed by atoms with Gasteiger partial charge in [-0.1, -0.05) is 6.07 Å². The highest BCUT2D eigenvalue weighted by atomic mass is 16.1. The molecule has 0 unspecified atom stereocenters. The van der Waals surface area contributed by atoms with Crippen molar-refractivity contribution in [2.75, 3.05) is 12.0 Å². The predicted molar refractivity (Wildman–Crippen MR) is 79.3 cm³/mol. The first-order chi connectivity index (χ1) is 9.70.